The number of hydrogen-bond acceptors (Lipinski definition) is 4. The quantitative estimate of drug-likeness (QED) is 0.472. The second kappa shape index (κ2) is 10.1. The molecule has 1 atom stereocenters. The third-order valence-corrected chi connectivity index (χ3v) is 6.12. The van der Waals surface area contributed by atoms with Crippen molar-refractivity contribution in [2.45, 2.75) is 18.1 Å². The molecule has 0 radical (unpaired) electrons. The summed E-state index contributed by atoms with van der Waals surface area (Å²) < 4.78 is 24.1. The molecule has 1 N–H and O–H groups in total. The van der Waals surface area contributed by atoms with Gasteiger partial charge in [0.1, 0.15) is 11.5 Å². The van der Waals surface area contributed by atoms with Crippen molar-refractivity contribution >= 4 is 44.2 Å². The van der Waals surface area contributed by atoms with Gasteiger partial charge in [0.05, 0.1) is 12.9 Å². The highest BCUT2D eigenvalue weighted by Crippen LogP contribution is 2.23. The molecule has 29 heavy (non-hydrogen) atoms. The first kappa shape index (κ1) is 21.6. The Balaban J connectivity index is 1.56. The molecule has 0 bridgehead atoms. The van der Waals surface area contributed by atoms with Gasteiger partial charge < -0.3 is 14.5 Å². The Morgan fingerprint density at radius 2 is 1.90 bits per heavy atom. The molecule has 1 amide bonds. The first-order chi connectivity index (χ1) is 13.9. The summed E-state index contributed by atoms with van der Waals surface area (Å²) >= 11 is 9.27. The minimum absolute atomic E-state index is 0.178. The van der Waals surface area contributed by atoms with E-state index in [0.29, 0.717) is 28.8 Å². The number of furan rings is 1. The number of ether oxygens (including phenoxy) is 1. The molecule has 0 saturated heterocycles. The Labute approximate surface area is 185 Å². The summed E-state index contributed by atoms with van der Waals surface area (Å²) in [4.78, 5) is 12.4. The molecular weight excluding hydrogens is 478 g/mol. The zero-order valence-electron chi connectivity index (χ0n) is 15.6. The number of halogens is 2. The minimum Gasteiger partial charge on any atom is -0.496 e. The first-order valence-corrected chi connectivity index (χ1v) is 11.4. The van der Waals surface area contributed by atoms with Crippen molar-refractivity contribution in [3.63, 3.8) is 0 Å². The van der Waals surface area contributed by atoms with Crippen LogP contribution in [0.3, 0.4) is 0 Å². The van der Waals surface area contributed by atoms with Crippen molar-refractivity contribution in [2.24, 2.45) is 0 Å². The van der Waals surface area contributed by atoms with Gasteiger partial charge in [-0.1, -0.05) is 39.7 Å². The fourth-order valence-electron chi connectivity index (χ4n) is 2.70. The van der Waals surface area contributed by atoms with Gasteiger partial charge in [0, 0.05) is 38.2 Å². The van der Waals surface area contributed by atoms with E-state index >= 15 is 0 Å². The number of hydrogen-bond donors (Lipinski definition) is 1. The number of carbonyl (C=O) groups is 1. The molecule has 0 saturated carbocycles. The van der Waals surface area contributed by atoms with Gasteiger partial charge in [0.15, 0.2) is 5.76 Å². The maximum absolute atomic E-state index is 12.4. The highest BCUT2D eigenvalue weighted by molar-refractivity contribution is 9.10. The fourth-order valence-corrected chi connectivity index (χ4v) is 4.37. The minimum atomic E-state index is -1.16. The average Bonchev–Trinajstić information content (AvgIpc) is 3.16. The van der Waals surface area contributed by atoms with Gasteiger partial charge in [-0.2, -0.15) is 0 Å². The molecule has 0 fully saturated rings. The Hall–Kier alpha value is -2.09. The second-order valence-electron chi connectivity index (χ2n) is 6.26. The van der Waals surface area contributed by atoms with Crippen LogP contribution in [0.4, 0.5) is 0 Å². The molecule has 3 aromatic rings. The number of amides is 1. The third kappa shape index (κ3) is 6.19. The molecule has 5 nitrogen and oxygen atoms in total. The van der Waals surface area contributed by atoms with Crippen LogP contribution >= 0.6 is 27.5 Å². The average molecular weight is 497 g/mol. The van der Waals surface area contributed by atoms with E-state index in [1.807, 2.05) is 30.3 Å². The van der Waals surface area contributed by atoms with Crippen molar-refractivity contribution in [3.8, 4) is 5.75 Å². The van der Waals surface area contributed by atoms with E-state index in [1.165, 1.54) is 0 Å². The Kier molecular flexibility index (Phi) is 7.52. The maximum atomic E-state index is 12.4. The number of carbonyl (C=O) groups excluding carboxylic acids is 1. The molecule has 0 aliphatic rings. The zero-order chi connectivity index (χ0) is 20.8. The van der Waals surface area contributed by atoms with Crippen LogP contribution in [0.5, 0.6) is 5.75 Å². The SMILES string of the molecule is COc1ccc(Br)cc1CNC(=O)c1ccc(C[S@@](=O)Cc2ccc(Cl)cc2)o1. The highest BCUT2D eigenvalue weighted by Gasteiger charge is 2.14. The molecule has 2 aromatic carbocycles. The lowest BCUT2D eigenvalue weighted by Gasteiger charge is -2.09. The second-order valence-corrected chi connectivity index (χ2v) is 9.07. The van der Waals surface area contributed by atoms with Crippen molar-refractivity contribution in [3.05, 3.63) is 86.7 Å². The van der Waals surface area contributed by atoms with Gasteiger partial charge in [-0.25, -0.2) is 0 Å². The van der Waals surface area contributed by atoms with Gasteiger partial charge >= 0.3 is 0 Å². The van der Waals surface area contributed by atoms with E-state index < -0.39 is 10.8 Å². The van der Waals surface area contributed by atoms with E-state index in [4.69, 9.17) is 20.8 Å². The van der Waals surface area contributed by atoms with Crippen LogP contribution in [-0.4, -0.2) is 17.2 Å². The van der Waals surface area contributed by atoms with E-state index in [9.17, 15) is 9.00 Å². The van der Waals surface area contributed by atoms with Gasteiger partial charge in [0.25, 0.3) is 5.91 Å². The fraction of sp³-hybridized carbons (Fsp3) is 0.190. The standard InChI is InChI=1S/C21H19BrClNO4S/c1-27-19-8-4-16(22)10-15(19)11-24-21(25)20-9-7-18(28-20)13-29(26)12-14-2-5-17(23)6-3-14/h2-10H,11-13H2,1H3,(H,24,25)/t29-/m0/s1. The van der Waals surface area contributed by atoms with Crippen LogP contribution < -0.4 is 10.1 Å². The van der Waals surface area contributed by atoms with Crippen molar-refractivity contribution < 1.29 is 18.2 Å². The normalized spacial score (nSPS) is 11.8. The summed E-state index contributed by atoms with van der Waals surface area (Å²) in [5, 5.41) is 3.45. The maximum Gasteiger partial charge on any atom is 0.287 e. The predicted octanol–water partition coefficient (Wildman–Crippen LogP) is 5.08. The zero-order valence-corrected chi connectivity index (χ0v) is 18.8. The van der Waals surface area contributed by atoms with E-state index in [2.05, 4.69) is 21.2 Å². The number of rotatable bonds is 8. The van der Waals surface area contributed by atoms with Crippen LogP contribution in [0.25, 0.3) is 0 Å². The van der Waals surface area contributed by atoms with E-state index in [0.717, 1.165) is 15.6 Å². The monoisotopic (exact) mass is 495 g/mol. The molecule has 1 heterocycles. The summed E-state index contributed by atoms with van der Waals surface area (Å²) in [5.74, 6) is 1.64. The van der Waals surface area contributed by atoms with Crippen LogP contribution in [0, 0.1) is 0 Å². The van der Waals surface area contributed by atoms with Crippen LogP contribution in [0.2, 0.25) is 5.02 Å². The van der Waals surface area contributed by atoms with Crippen LogP contribution in [0.15, 0.2) is 63.5 Å². The molecular formula is C21H19BrClNO4S. The Morgan fingerprint density at radius 3 is 2.62 bits per heavy atom. The van der Waals surface area contributed by atoms with Crippen molar-refractivity contribution in [2.75, 3.05) is 7.11 Å². The lowest BCUT2D eigenvalue weighted by atomic mass is 10.2. The first-order valence-electron chi connectivity index (χ1n) is 8.73. The molecule has 152 valence electrons. The van der Waals surface area contributed by atoms with Crippen LogP contribution in [-0.2, 0) is 28.9 Å². The van der Waals surface area contributed by atoms with E-state index in [1.54, 1.807) is 31.4 Å². The van der Waals surface area contributed by atoms with Gasteiger partial charge in [-0.3, -0.25) is 9.00 Å². The summed E-state index contributed by atoms with van der Waals surface area (Å²) in [7, 11) is 0.422. The lowest BCUT2D eigenvalue weighted by molar-refractivity contribution is 0.0921. The predicted molar refractivity (Wildman–Crippen MR) is 118 cm³/mol. The topological polar surface area (TPSA) is 68.5 Å². The van der Waals surface area contributed by atoms with E-state index in [-0.39, 0.29) is 17.4 Å². The molecule has 8 heteroatoms. The summed E-state index contributed by atoms with van der Waals surface area (Å²) in [5.41, 5.74) is 1.77. The molecule has 0 aliphatic carbocycles. The Bertz CT molecular complexity index is 1020. The molecule has 0 unspecified atom stereocenters. The van der Waals surface area contributed by atoms with Crippen molar-refractivity contribution in [1.29, 1.82) is 0 Å². The largest absolute Gasteiger partial charge is 0.496 e. The third-order valence-electron chi connectivity index (χ3n) is 4.11. The number of nitrogens with one attached hydrogen (secondary N) is 1. The summed E-state index contributed by atoms with van der Waals surface area (Å²) in [6.07, 6.45) is 0. The summed E-state index contributed by atoms with van der Waals surface area (Å²) in [6, 6.07) is 16.1. The molecule has 0 spiro atoms. The smallest absolute Gasteiger partial charge is 0.287 e. The van der Waals surface area contributed by atoms with Gasteiger partial charge in [-0.05, 0) is 48.0 Å². The number of methoxy groups -OCH3 is 1. The molecule has 3 rings (SSSR count). The Morgan fingerprint density at radius 1 is 1.14 bits per heavy atom. The lowest BCUT2D eigenvalue weighted by Crippen LogP contribution is -2.22. The molecule has 1 aromatic heterocycles. The van der Waals surface area contributed by atoms with Gasteiger partial charge in [0.2, 0.25) is 0 Å². The number of benzene rings is 2. The molecule has 0 aliphatic heterocycles. The highest BCUT2D eigenvalue weighted by atomic mass is 79.9. The van der Waals surface area contributed by atoms with Crippen molar-refractivity contribution in [1.82, 2.24) is 5.32 Å². The van der Waals surface area contributed by atoms with Gasteiger partial charge in [-0.15, -0.1) is 0 Å². The van der Waals surface area contributed by atoms with Crippen LogP contribution in [0.1, 0.15) is 27.4 Å². The summed E-state index contributed by atoms with van der Waals surface area (Å²) in [6.45, 7) is 0.292.